The highest BCUT2D eigenvalue weighted by atomic mass is 14.9. The van der Waals surface area contributed by atoms with Crippen molar-refractivity contribution in [1.29, 1.82) is 0 Å². The van der Waals surface area contributed by atoms with E-state index in [9.17, 15) is 0 Å². The Kier molecular flexibility index (Phi) is 4.13. The summed E-state index contributed by atoms with van der Waals surface area (Å²) in [4.78, 5) is 0. The highest BCUT2D eigenvalue weighted by Gasteiger charge is 2.41. The Labute approximate surface area is 141 Å². The fourth-order valence-electron chi connectivity index (χ4n) is 4.62. The molecule has 1 aromatic rings. The van der Waals surface area contributed by atoms with Gasteiger partial charge in [0.05, 0.1) is 0 Å². The van der Waals surface area contributed by atoms with Gasteiger partial charge in [-0.05, 0) is 104 Å². The second-order valence-electron chi connectivity index (χ2n) is 8.59. The van der Waals surface area contributed by atoms with Crippen molar-refractivity contribution < 1.29 is 0 Å². The lowest BCUT2D eigenvalue weighted by molar-refractivity contribution is 0.339. The van der Waals surface area contributed by atoms with Crippen molar-refractivity contribution in [3.63, 3.8) is 0 Å². The zero-order valence-corrected chi connectivity index (χ0v) is 14.7. The second kappa shape index (κ2) is 6.12. The van der Waals surface area contributed by atoms with Gasteiger partial charge in [0.15, 0.2) is 0 Å². The van der Waals surface area contributed by atoms with Crippen LogP contribution in [0.4, 0.5) is 5.69 Å². The van der Waals surface area contributed by atoms with Crippen molar-refractivity contribution in [2.75, 3.05) is 11.9 Å². The van der Waals surface area contributed by atoms with Gasteiger partial charge >= 0.3 is 0 Å². The summed E-state index contributed by atoms with van der Waals surface area (Å²) in [6.07, 6.45) is 13.1. The molecule has 0 radical (unpaired) electrons. The number of nitrogens with two attached hydrogens (primary N) is 1. The molecule has 2 fully saturated rings. The minimum Gasteiger partial charge on any atom is -0.385 e. The first-order valence-electron chi connectivity index (χ1n) is 9.80. The van der Waals surface area contributed by atoms with Crippen LogP contribution in [0.1, 0.15) is 75.0 Å². The maximum atomic E-state index is 6.03. The second-order valence-corrected chi connectivity index (χ2v) is 8.59. The number of benzene rings is 1. The van der Waals surface area contributed by atoms with Crippen LogP contribution >= 0.6 is 0 Å². The molecule has 3 N–H and O–H groups in total. The third-order valence-electron chi connectivity index (χ3n) is 6.60. The number of anilines is 1. The molecule has 0 saturated heterocycles. The summed E-state index contributed by atoms with van der Waals surface area (Å²) in [6.45, 7) is 3.59. The smallest absolute Gasteiger partial charge is 0.0346 e. The molecule has 126 valence electrons. The van der Waals surface area contributed by atoms with E-state index in [1.165, 1.54) is 69.9 Å². The predicted molar refractivity (Wildman–Crippen MR) is 98.1 cm³/mol. The molecule has 2 saturated carbocycles. The highest BCUT2D eigenvalue weighted by Crippen LogP contribution is 2.50. The number of aryl methyl sites for hydroxylation is 1. The molecule has 3 aliphatic carbocycles. The first-order valence-corrected chi connectivity index (χ1v) is 9.80. The molecule has 0 atom stereocenters. The zero-order chi connectivity index (χ0) is 15.9. The van der Waals surface area contributed by atoms with Gasteiger partial charge in [0.2, 0.25) is 0 Å². The van der Waals surface area contributed by atoms with Gasteiger partial charge in [-0.25, -0.2) is 0 Å². The summed E-state index contributed by atoms with van der Waals surface area (Å²) in [6, 6.07) is 5.40. The van der Waals surface area contributed by atoms with Crippen molar-refractivity contribution in [2.24, 2.45) is 11.7 Å². The highest BCUT2D eigenvalue weighted by molar-refractivity contribution is 5.56. The number of fused-ring (bicyclic) bond motifs is 1. The lowest BCUT2D eigenvalue weighted by Gasteiger charge is -2.28. The lowest BCUT2D eigenvalue weighted by atomic mass is 9.82. The van der Waals surface area contributed by atoms with Crippen molar-refractivity contribution in [2.45, 2.75) is 82.6 Å². The molecule has 0 amide bonds. The normalized spacial score (nSPS) is 29.0. The fraction of sp³-hybridized carbons (Fsp3) is 0.714. The van der Waals surface area contributed by atoms with Crippen LogP contribution in [-0.4, -0.2) is 12.6 Å². The Morgan fingerprint density at radius 1 is 1.09 bits per heavy atom. The summed E-state index contributed by atoms with van der Waals surface area (Å²) in [7, 11) is 0. The maximum absolute atomic E-state index is 6.03. The van der Waals surface area contributed by atoms with E-state index in [4.69, 9.17) is 5.73 Å². The molecule has 4 rings (SSSR count). The number of nitrogens with one attached hydrogen (secondary N) is 1. The van der Waals surface area contributed by atoms with Crippen LogP contribution in [0.15, 0.2) is 12.1 Å². The van der Waals surface area contributed by atoms with Gasteiger partial charge in [-0.15, -0.1) is 0 Å². The van der Waals surface area contributed by atoms with Crippen LogP contribution in [0.2, 0.25) is 0 Å². The average molecular weight is 313 g/mol. The van der Waals surface area contributed by atoms with E-state index in [0.29, 0.717) is 11.5 Å². The molecule has 2 nitrogen and oxygen atoms in total. The molecule has 1 aromatic carbocycles. The van der Waals surface area contributed by atoms with Gasteiger partial charge in [-0.1, -0.05) is 6.92 Å². The minimum absolute atomic E-state index is 0.455. The van der Waals surface area contributed by atoms with Gasteiger partial charge in [-0.2, -0.15) is 0 Å². The van der Waals surface area contributed by atoms with Crippen molar-refractivity contribution in [3.05, 3.63) is 28.8 Å². The summed E-state index contributed by atoms with van der Waals surface area (Å²) >= 11 is 0. The van der Waals surface area contributed by atoms with Gasteiger partial charge < -0.3 is 11.1 Å². The van der Waals surface area contributed by atoms with Crippen LogP contribution in [0.5, 0.6) is 0 Å². The maximum Gasteiger partial charge on any atom is 0.0346 e. The molecular formula is C21H32N2. The molecule has 2 heteroatoms. The van der Waals surface area contributed by atoms with Crippen LogP contribution in [-0.2, 0) is 18.3 Å². The summed E-state index contributed by atoms with van der Waals surface area (Å²) in [5.74, 6) is 0.811. The van der Waals surface area contributed by atoms with E-state index >= 15 is 0 Å². The van der Waals surface area contributed by atoms with E-state index in [1.54, 1.807) is 16.7 Å². The van der Waals surface area contributed by atoms with E-state index in [1.807, 2.05) is 0 Å². The minimum atomic E-state index is 0.455. The molecular weight excluding hydrogens is 280 g/mol. The lowest BCUT2D eigenvalue weighted by Crippen LogP contribution is -2.29. The van der Waals surface area contributed by atoms with E-state index in [0.717, 1.165) is 12.5 Å². The SMILES string of the molecule is CC1(c2cc(NC[C@H]3CC[C@@H](N)CC3)cc3c2CCCC3)CC1. The van der Waals surface area contributed by atoms with Gasteiger partial charge in [-0.3, -0.25) is 0 Å². The molecule has 0 bridgehead atoms. The van der Waals surface area contributed by atoms with Crippen LogP contribution in [0.25, 0.3) is 0 Å². The van der Waals surface area contributed by atoms with Gasteiger partial charge in [0, 0.05) is 18.3 Å². The molecule has 0 unspecified atom stereocenters. The Hall–Kier alpha value is -1.02. The van der Waals surface area contributed by atoms with E-state index < -0.39 is 0 Å². The summed E-state index contributed by atoms with van der Waals surface area (Å²) < 4.78 is 0. The fourth-order valence-corrected chi connectivity index (χ4v) is 4.62. The van der Waals surface area contributed by atoms with E-state index in [2.05, 4.69) is 24.4 Å². The monoisotopic (exact) mass is 312 g/mol. The van der Waals surface area contributed by atoms with Gasteiger partial charge in [0.25, 0.3) is 0 Å². The number of hydrogen-bond donors (Lipinski definition) is 2. The standard InChI is InChI=1S/C21H32N2/c1-21(10-11-21)20-13-18(12-16-4-2-3-5-19(16)20)23-14-15-6-8-17(22)9-7-15/h12-13,15,17,23H,2-11,14,22H2,1H3/t15-,17+. The van der Waals surface area contributed by atoms with E-state index in [-0.39, 0.29) is 0 Å². The molecule has 0 aromatic heterocycles. The van der Waals surface area contributed by atoms with Crippen molar-refractivity contribution >= 4 is 5.69 Å². The van der Waals surface area contributed by atoms with Crippen LogP contribution in [0, 0.1) is 5.92 Å². The summed E-state index contributed by atoms with van der Waals surface area (Å²) in [5, 5.41) is 3.78. The molecule has 0 spiro atoms. The zero-order valence-electron chi connectivity index (χ0n) is 14.7. The molecule has 3 aliphatic rings. The molecule has 0 heterocycles. The predicted octanol–water partition coefficient (Wildman–Crippen LogP) is 4.55. The number of rotatable bonds is 4. The Morgan fingerprint density at radius 3 is 2.57 bits per heavy atom. The first-order chi connectivity index (χ1) is 11.1. The van der Waals surface area contributed by atoms with Crippen molar-refractivity contribution in [1.82, 2.24) is 0 Å². The molecule has 0 aliphatic heterocycles. The Morgan fingerprint density at radius 2 is 1.83 bits per heavy atom. The Balaban J connectivity index is 1.50. The van der Waals surface area contributed by atoms with Crippen molar-refractivity contribution in [3.8, 4) is 0 Å². The quantitative estimate of drug-likeness (QED) is 0.856. The first kappa shape index (κ1) is 15.5. The Bertz CT molecular complexity index is 565. The summed E-state index contributed by atoms with van der Waals surface area (Å²) in [5.41, 5.74) is 12.9. The topological polar surface area (TPSA) is 38.0 Å². The van der Waals surface area contributed by atoms with Crippen LogP contribution in [0.3, 0.4) is 0 Å². The third-order valence-corrected chi connectivity index (χ3v) is 6.60. The third kappa shape index (κ3) is 3.28. The largest absolute Gasteiger partial charge is 0.385 e. The van der Waals surface area contributed by atoms with Gasteiger partial charge in [0.1, 0.15) is 0 Å². The van der Waals surface area contributed by atoms with Crippen LogP contribution < -0.4 is 11.1 Å². The average Bonchev–Trinajstić information content (AvgIpc) is 3.32. The number of hydrogen-bond acceptors (Lipinski definition) is 2. The molecule has 23 heavy (non-hydrogen) atoms.